The lowest BCUT2D eigenvalue weighted by atomic mass is 9.99. The first-order chi connectivity index (χ1) is 20.3. The van der Waals surface area contributed by atoms with E-state index in [2.05, 4.69) is 0 Å². The molecule has 5 atom stereocenters. The van der Waals surface area contributed by atoms with Crippen LogP contribution in [0.2, 0.25) is 0 Å². The molecular weight excluding hydrogens is 576 g/mol. The van der Waals surface area contributed by atoms with Crippen molar-refractivity contribution in [3.63, 3.8) is 0 Å². The minimum absolute atomic E-state index is 0.122. The van der Waals surface area contributed by atoms with Gasteiger partial charge in [-0.15, -0.1) is 0 Å². The molecule has 5 rings (SSSR count). The summed E-state index contributed by atoms with van der Waals surface area (Å²) in [4.78, 5) is 26.0. The van der Waals surface area contributed by atoms with Gasteiger partial charge in [0.15, 0.2) is 23.0 Å². The van der Waals surface area contributed by atoms with E-state index in [0.717, 1.165) is 24.3 Å². The number of fused-ring (bicyclic) bond motifs is 1. The molecule has 43 heavy (non-hydrogen) atoms. The lowest BCUT2D eigenvalue weighted by Gasteiger charge is -2.39. The van der Waals surface area contributed by atoms with Crippen LogP contribution in [0.15, 0.2) is 57.7 Å². The maximum Gasteiger partial charge on any atom is 0.338 e. The van der Waals surface area contributed by atoms with Gasteiger partial charge in [0.25, 0.3) is 0 Å². The zero-order valence-electron chi connectivity index (χ0n) is 21.7. The summed E-state index contributed by atoms with van der Waals surface area (Å²) in [6.07, 6.45) is -9.19. The molecule has 1 aliphatic rings. The van der Waals surface area contributed by atoms with Gasteiger partial charge in [-0.2, -0.15) is 0 Å². The Kier molecular flexibility index (Phi) is 7.64. The van der Waals surface area contributed by atoms with Gasteiger partial charge in [0.1, 0.15) is 59.2 Å². The SMILES string of the molecule is O=C(OC[C@@H]1O[C@H](Oc2c(-c3ccc(O)cc3)oc3cc(O)cc(O)c3c2=O)[C@@H](O)[C@H](O)[C@H]1O)c1cc(O)c(O)c(O)c1. The predicted molar refractivity (Wildman–Crippen MR) is 142 cm³/mol. The van der Waals surface area contributed by atoms with Crippen LogP contribution in [-0.4, -0.2) is 89.2 Å². The molecule has 226 valence electrons. The van der Waals surface area contributed by atoms with Crippen LogP contribution in [-0.2, 0) is 9.47 Å². The normalized spacial score (nSPS) is 21.9. The van der Waals surface area contributed by atoms with Gasteiger partial charge in [0.05, 0.1) is 5.56 Å². The number of esters is 1. The molecule has 9 N–H and O–H groups in total. The van der Waals surface area contributed by atoms with Gasteiger partial charge in [0, 0.05) is 17.7 Å². The average Bonchev–Trinajstić information content (AvgIpc) is 2.96. The zero-order chi connectivity index (χ0) is 31.2. The topological polar surface area (TPSA) is 257 Å². The minimum atomic E-state index is -1.97. The molecule has 1 saturated heterocycles. The van der Waals surface area contributed by atoms with Crippen LogP contribution >= 0.6 is 0 Å². The predicted octanol–water partition coefficient (Wildman–Crippen LogP) is 0.737. The minimum Gasteiger partial charge on any atom is -0.508 e. The summed E-state index contributed by atoms with van der Waals surface area (Å²) in [5.74, 6) is -5.74. The lowest BCUT2D eigenvalue weighted by molar-refractivity contribution is -0.277. The van der Waals surface area contributed by atoms with Gasteiger partial charge in [-0.25, -0.2) is 4.79 Å². The van der Waals surface area contributed by atoms with Crippen molar-refractivity contribution in [1.82, 2.24) is 0 Å². The van der Waals surface area contributed by atoms with Crippen molar-refractivity contribution in [2.24, 2.45) is 0 Å². The second-order valence-corrected chi connectivity index (χ2v) is 9.57. The molecule has 0 bridgehead atoms. The molecule has 1 aliphatic heterocycles. The first-order valence-electron chi connectivity index (χ1n) is 12.5. The molecule has 4 aromatic rings. The number of ether oxygens (including phenoxy) is 3. The molecule has 0 amide bonds. The maximum absolute atomic E-state index is 13.5. The molecule has 0 aliphatic carbocycles. The number of phenolic OH excluding ortho intramolecular Hbond substituents is 6. The third kappa shape index (κ3) is 5.52. The second kappa shape index (κ2) is 11.2. The van der Waals surface area contributed by atoms with Crippen LogP contribution in [0.1, 0.15) is 10.4 Å². The van der Waals surface area contributed by atoms with Crippen LogP contribution < -0.4 is 10.2 Å². The standard InChI is InChI=1S/C28H24O15/c29-12-3-1-10(2-4-12)25-26(22(36)19-14(31)7-13(30)8-17(19)41-25)43-28-24(38)23(37)21(35)18(42-28)9-40-27(39)11-5-15(32)20(34)16(33)6-11/h1-8,18,21,23-24,28-35,37-38H,9H2/t18-,21-,23+,24-,28+/m0/s1. The Hall–Kier alpha value is -5.22. The van der Waals surface area contributed by atoms with E-state index >= 15 is 0 Å². The van der Waals surface area contributed by atoms with E-state index in [1.165, 1.54) is 24.3 Å². The van der Waals surface area contributed by atoms with Crippen LogP contribution in [0.5, 0.6) is 40.2 Å². The highest BCUT2D eigenvalue weighted by Crippen LogP contribution is 2.38. The molecule has 0 saturated carbocycles. The van der Waals surface area contributed by atoms with E-state index in [1.807, 2.05) is 0 Å². The summed E-state index contributed by atoms with van der Waals surface area (Å²) < 4.78 is 22.0. The number of phenols is 6. The Morgan fingerprint density at radius 2 is 1.44 bits per heavy atom. The summed E-state index contributed by atoms with van der Waals surface area (Å²) in [7, 11) is 0. The number of carbonyl (C=O) groups excluding carboxylic acids is 1. The molecule has 15 heteroatoms. The van der Waals surface area contributed by atoms with E-state index in [9.17, 15) is 55.5 Å². The summed E-state index contributed by atoms with van der Waals surface area (Å²) >= 11 is 0. The van der Waals surface area contributed by atoms with Crippen molar-refractivity contribution in [1.29, 1.82) is 0 Å². The fourth-order valence-corrected chi connectivity index (χ4v) is 4.41. The van der Waals surface area contributed by atoms with E-state index in [1.54, 1.807) is 0 Å². The zero-order valence-corrected chi connectivity index (χ0v) is 21.7. The lowest BCUT2D eigenvalue weighted by Crippen LogP contribution is -2.60. The Morgan fingerprint density at radius 3 is 2.09 bits per heavy atom. The van der Waals surface area contributed by atoms with Crippen molar-refractivity contribution in [3.8, 4) is 51.6 Å². The van der Waals surface area contributed by atoms with Gasteiger partial charge >= 0.3 is 5.97 Å². The summed E-state index contributed by atoms with van der Waals surface area (Å²) in [5.41, 5.74) is -1.43. The van der Waals surface area contributed by atoms with Crippen LogP contribution in [0.3, 0.4) is 0 Å². The highest BCUT2D eigenvalue weighted by molar-refractivity contribution is 5.91. The number of hydrogen-bond acceptors (Lipinski definition) is 15. The van der Waals surface area contributed by atoms with Crippen LogP contribution in [0, 0.1) is 0 Å². The molecule has 0 radical (unpaired) electrons. The van der Waals surface area contributed by atoms with Crippen molar-refractivity contribution in [3.05, 3.63) is 64.3 Å². The smallest absolute Gasteiger partial charge is 0.338 e. The van der Waals surface area contributed by atoms with Crippen molar-refractivity contribution >= 4 is 16.9 Å². The third-order valence-electron chi connectivity index (χ3n) is 6.63. The number of rotatable bonds is 6. The molecule has 0 unspecified atom stereocenters. The van der Waals surface area contributed by atoms with Gasteiger partial charge in [-0.05, 0) is 36.4 Å². The number of aliphatic hydroxyl groups excluding tert-OH is 3. The van der Waals surface area contributed by atoms with Crippen LogP contribution in [0.25, 0.3) is 22.3 Å². The van der Waals surface area contributed by atoms with E-state index in [-0.39, 0.29) is 28.2 Å². The molecule has 15 nitrogen and oxygen atoms in total. The number of aliphatic hydroxyl groups is 3. The van der Waals surface area contributed by atoms with Crippen molar-refractivity contribution in [2.45, 2.75) is 30.7 Å². The Balaban J connectivity index is 1.47. The van der Waals surface area contributed by atoms with Crippen molar-refractivity contribution < 1.29 is 69.4 Å². The van der Waals surface area contributed by atoms with E-state index in [4.69, 9.17) is 18.6 Å². The van der Waals surface area contributed by atoms with Gasteiger partial charge in [0.2, 0.25) is 17.5 Å². The molecular formula is C28H24O15. The monoisotopic (exact) mass is 600 g/mol. The first kappa shape index (κ1) is 29.3. The molecule has 3 aromatic carbocycles. The highest BCUT2D eigenvalue weighted by Gasteiger charge is 2.46. The molecule has 0 spiro atoms. The second-order valence-electron chi connectivity index (χ2n) is 9.57. The fraction of sp³-hybridized carbons (Fsp3) is 0.214. The van der Waals surface area contributed by atoms with Gasteiger partial charge in [-0.1, -0.05) is 0 Å². The van der Waals surface area contributed by atoms with Crippen molar-refractivity contribution in [2.75, 3.05) is 6.61 Å². The Bertz CT molecular complexity index is 1720. The summed E-state index contributed by atoms with van der Waals surface area (Å²) in [5, 5.41) is 89.8. The van der Waals surface area contributed by atoms with Gasteiger partial charge in [-0.3, -0.25) is 4.79 Å². The molecule has 1 fully saturated rings. The molecule has 1 aromatic heterocycles. The number of carbonyl (C=O) groups is 1. The van der Waals surface area contributed by atoms with E-state index < -0.39 is 88.6 Å². The quantitative estimate of drug-likeness (QED) is 0.109. The molecule has 2 heterocycles. The third-order valence-corrected chi connectivity index (χ3v) is 6.63. The van der Waals surface area contributed by atoms with E-state index in [0.29, 0.717) is 0 Å². The Labute approximate surface area is 239 Å². The number of hydrogen-bond donors (Lipinski definition) is 9. The summed E-state index contributed by atoms with van der Waals surface area (Å²) in [6.45, 7) is -0.761. The summed E-state index contributed by atoms with van der Waals surface area (Å²) in [6, 6.07) is 8.81. The highest BCUT2D eigenvalue weighted by atomic mass is 16.7. The number of aromatic hydroxyl groups is 6. The number of benzene rings is 3. The average molecular weight is 600 g/mol. The Morgan fingerprint density at radius 1 is 0.791 bits per heavy atom. The maximum atomic E-state index is 13.5. The van der Waals surface area contributed by atoms with Gasteiger partial charge < -0.3 is 64.6 Å². The fourth-order valence-electron chi connectivity index (χ4n) is 4.41. The first-order valence-corrected chi connectivity index (χ1v) is 12.5. The largest absolute Gasteiger partial charge is 0.508 e. The van der Waals surface area contributed by atoms with Crippen LogP contribution in [0.4, 0.5) is 0 Å².